The van der Waals surface area contributed by atoms with Crippen LogP contribution in [0.1, 0.15) is 32.0 Å². The molecule has 0 unspecified atom stereocenters. The third-order valence-corrected chi connectivity index (χ3v) is 5.06. The molecule has 142 valence electrons. The van der Waals surface area contributed by atoms with Crippen LogP contribution in [0.4, 0.5) is 4.39 Å². The Hall–Kier alpha value is -3.29. The normalized spacial score (nSPS) is 18.9. The van der Waals surface area contributed by atoms with Crippen LogP contribution in [0.3, 0.4) is 0 Å². The summed E-state index contributed by atoms with van der Waals surface area (Å²) >= 11 is 0. The Kier molecular flexibility index (Phi) is 3.68. The predicted octanol–water partition coefficient (Wildman–Crippen LogP) is 4.06. The number of nitrogens with zero attached hydrogens (tertiary/aromatic N) is 5. The second-order valence-electron chi connectivity index (χ2n) is 7.29. The molecule has 7 nitrogen and oxygen atoms in total. The molecule has 0 saturated carbocycles. The van der Waals surface area contributed by atoms with Crippen molar-refractivity contribution in [1.29, 1.82) is 0 Å². The maximum atomic E-state index is 13.5. The lowest BCUT2D eigenvalue weighted by Crippen LogP contribution is -2.26. The first kappa shape index (κ1) is 16.9. The molecule has 1 aliphatic rings. The van der Waals surface area contributed by atoms with Gasteiger partial charge in [-0.3, -0.25) is 10.1 Å². The third-order valence-electron chi connectivity index (χ3n) is 5.06. The van der Waals surface area contributed by atoms with Crippen LogP contribution in [0.5, 0.6) is 5.88 Å². The van der Waals surface area contributed by atoms with Crippen molar-refractivity contribution < 1.29 is 9.13 Å². The van der Waals surface area contributed by atoms with Gasteiger partial charge in [0, 0.05) is 23.1 Å². The number of aromatic nitrogens is 6. The summed E-state index contributed by atoms with van der Waals surface area (Å²) < 4.78 is 21.6. The zero-order valence-corrected chi connectivity index (χ0v) is 15.8. The van der Waals surface area contributed by atoms with Gasteiger partial charge < -0.3 is 4.74 Å². The van der Waals surface area contributed by atoms with Crippen LogP contribution in [0, 0.1) is 12.7 Å². The fraction of sp³-hybridized carbons (Fsp3) is 0.300. The number of rotatable bonds is 2. The van der Waals surface area contributed by atoms with E-state index in [0.29, 0.717) is 22.9 Å². The van der Waals surface area contributed by atoms with E-state index in [0.717, 1.165) is 28.6 Å². The van der Waals surface area contributed by atoms with Gasteiger partial charge in [-0.05, 0) is 39.0 Å². The first-order valence-electron chi connectivity index (χ1n) is 9.23. The molecule has 0 aromatic carbocycles. The first-order valence-corrected chi connectivity index (χ1v) is 9.23. The summed E-state index contributed by atoms with van der Waals surface area (Å²) in [6, 6.07) is 5.20. The van der Waals surface area contributed by atoms with Crippen molar-refractivity contribution in [3.05, 3.63) is 42.1 Å². The number of H-pyrrole nitrogens is 1. The monoisotopic (exact) mass is 378 g/mol. The molecule has 5 heterocycles. The van der Waals surface area contributed by atoms with Crippen LogP contribution < -0.4 is 4.74 Å². The van der Waals surface area contributed by atoms with Crippen molar-refractivity contribution in [1.82, 2.24) is 29.9 Å². The van der Waals surface area contributed by atoms with E-state index in [1.165, 1.54) is 12.3 Å². The molecule has 0 spiro atoms. The van der Waals surface area contributed by atoms with E-state index in [-0.39, 0.29) is 18.0 Å². The Bertz CT molecular complexity index is 1180. The molecule has 4 aromatic rings. The van der Waals surface area contributed by atoms with Gasteiger partial charge in [0.1, 0.15) is 11.5 Å². The predicted molar refractivity (Wildman–Crippen MR) is 102 cm³/mol. The van der Waals surface area contributed by atoms with Crippen LogP contribution in [0.15, 0.2) is 30.6 Å². The van der Waals surface area contributed by atoms with Crippen molar-refractivity contribution in [3.8, 4) is 28.4 Å². The summed E-state index contributed by atoms with van der Waals surface area (Å²) in [5, 5.41) is 12.8. The Balaban J connectivity index is 1.85. The van der Waals surface area contributed by atoms with Crippen molar-refractivity contribution >= 4 is 11.0 Å². The van der Waals surface area contributed by atoms with E-state index in [1.54, 1.807) is 12.3 Å². The SMILES string of the molecule is Cc1cc(-c2c(-c3ccc(F)cn3)nn3c2O[C@@H](C)C[C@@H]3C)c2cn[nH]c2n1. The fourth-order valence-corrected chi connectivity index (χ4v) is 3.85. The number of fused-ring (bicyclic) bond motifs is 2. The first-order chi connectivity index (χ1) is 13.5. The van der Waals surface area contributed by atoms with Gasteiger partial charge in [-0.25, -0.2) is 14.1 Å². The van der Waals surface area contributed by atoms with Crippen molar-refractivity contribution in [3.63, 3.8) is 0 Å². The average Bonchev–Trinajstić information content (AvgIpc) is 3.26. The highest BCUT2D eigenvalue weighted by Gasteiger charge is 2.32. The molecule has 2 atom stereocenters. The Morgan fingerprint density at radius 1 is 1.25 bits per heavy atom. The molecule has 1 aliphatic heterocycles. The fourth-order valence-electron chi connectivity index (χ4n) is 3.85. The lowest BCUT2D eigenvalue weighted by molar-refractivity contribution is 0.127. The Morgan fingerprint density at radius 2 is 2.11 bits per heavy atom. The van der Waals surface area contributed by atoms with Crippen molar-refractivity contribution in [2.45, 2.75) is 39.3 Å². The number of hydrogen-bond donors (Lipinski definition) is 1. The zero-order valence-electron chi connectivity index (χ0n) is 15.8. The molecule has 0 saturated heterocycles. The van der Waals surface area contributed by atoms with Gasteiger partial charge in [0.25, 0.3) is 0 Å². The molecule has 0 aliphatic carbocycles. The second-order valence-corrected chi connectivity index (χ2v) is 7.29. The number of pyridine rings is 2. The lowest BCUT2D eigenvalue weighted by Gasteiger charge is -2.27. The molecule has 0 bridgehead atoms. The molecule has 1 N–H and O–H groups in total. The number of aryl methyl sites for hydroxylation is 1. The third kappa shape index (κ3) is 2.56. The topological polar surface area (TPSA) is 81.5 Å². The molecule has 4 aromatic heterocycles. The summed E-state index contributed by atoms with van der Waals surface area (Å²) in [4.78, 5) is 8.78. The molecule has 0 amide bonds. The van der Waals surface area contributed by atoms with Crippen LogP contribution in [0.25, 0.3) is 33.5 Å². The van der Waals surface area contributed by atoms with Gasteiger partial charge in [0.05, 0.1) is 35.8 Å². The maximum Gasteiger partial charge on any atom is 0.221 e. The lowest BCUT2D eigenvalue weighted by atomic mass is 10.0. The van der Waals surface area contributed by atoms with Gasteiger partial charge in [-0.15, -0.1) is 0 Å². The van der Waals surface area contributed by atoms with Crippen molar-refractivity contribution in [2.24, 2.45) is 0 Å². The molecule has 28 heavy (non-hydrogen) atoms. The highest BCUT2D eigenvalue weighted by Crippen LogP contribution is 2.45. The van der Waals surface area contributed by atoms with Gasteiger partial charge in [0.2, 0.25) is 5.88 Å². The standard InChI is InChI=1S/C20H19FN6O/c1-10-6-14(15-9-23-25-19(15)24-10)17-18(16-5-4-13(21)8-22-16)26-27-11(2)7-12(3)28-20(17)27/h4-6,8-9,11-12H,7H2,1-3H3,(H,23,24,25)/t11-,12-/m0/s1. The number of hydrogen-bond acceptors (Lipinski definition) is 5. The molecule has 5 rings (SSSR count). The second kappa shape index (κ2) is 6.12. The van der Waals surface area contributed by atoms with Gasteiger partial charge in [-0.1, -0.05) is 0 Å². The number of nitrogens with one attached hydrogen (secondary N) is 1. The number of halogens is 1. The minimum atomic E-state index is -0.385. The Labute approximate surface area is 160 Å². The zero-order chi connectivity index (χ0) is 19.4. The molecule has 0 radical (unpaired) electrons. The molecule has 0 fully saturated rings. The van der Waals surface area contributed by atoms with Crippen LogP contribution in [-0.4, -0.2) is 36.0 Å². The van der Waals surface area contributed by atoms with E-state index < -0.39 is 0 Å². The van der Waals surface area contributed by atoms with E-state index in [2.05, 4.69) is 34.0 Å². The highest BCUT2D eigenvalue weighted by molar-refractivity contribution is 5.98. The van der Waals surface area contributed by atoms with E-state index >= 15 is 0 Å². The summed E-state index contributed by atoms with van der Waals surface area (Å²) in [6.45, 7) is 6.10. The summed E-state index contributed by atoms with van der Waals surface area (Å²) in [7, 11) is 0. The van der Waals surface area contributed by atoms with E-state index in [9.17, 15) is 4.39 Å². The summed E-state index contributed by atoms with van der Waals surface area (Å²) in [5.74, 6) is 0.310. The number of ether oxygens (including phenoxy) is 1. The molecule has 8 heteroatoms. The minimum absolute atomic E-state index is 0.0646. The quantitative estimate of drug-likeness (QED) is 0.569. The van der Waals surface area contributed by atoms with Crippen LogP contribution >= 0.6 is 0 Å². The van der Waals surface area contributed by atoms with E-state index in [1.807, 2.05) is 17.7 Å². The Morgan fingerprint density at radius 3 is 2.89 bits per heavy atom. The van der Waals surface area contributed by atoms with Crippen molar-refractivity contribution in [2.75, 3.05) is 0 Å². The van der Waals surface area contributed by atoms with Crippen LogP contribution in [-0.2, 0) is 0 Å². The molecular formula is C20H19FN6O. The highest BCUT2D eigenvalue weighted by atomic mass is 19.1. The summed E-state index contributed by atoms with van der Waals surface area (Å²) in [6.07, 6.45) is 3.88. The van der Waals surface area contributed by atoms with Crippen LogP contribution in [0.2, 0.25) is 0 Å². The summed E-state index contributed by atoms with van der Waals surface area (Å²) in [5.41, 5.74) is 4.54. The van der Waals surface area contributed by atoms with Gasteiger partial charge in [0.15, 0.2) is 5.65 Å². The average molecular weight is 378 g/mol. The number of aromatic amines is 1. The van der Waals surface area contributed by atoms with Gasteiger partial charge in [-0.2, -0.15) is 10.2 Å². The largest absolute Gasteiger partial charge is 0.474 e. The van der Waals surface area contributed by atoms with E-state index in [4.69, 9.17) is 9.84 Å². The minimum Gasteiger partial charge on any atom is -0.474 e. The maximum absolute atomic E-state index is 13.5. The smallest absolute Gasteiger partial charge is 0.221 e. The van der Waals surface area contributed by atoms with Gasteiger partial charge >= 0.3 is 0 Å². The molecular weight excluding hydrogens is 359 g/mol.